The van der Waals surface area contributed by atoms with Gasteiger partial charge in [-0.1, -0.05) is 98.9 Å². The Kier molecular flexibility index (Phi) is 28.3. The van der Waals surface area contributed by atoms with Crippen LogP contribution in [-0.2, 0) is 38.1 Å². The van der Waals surface area contributed by atoms with Crippen LogP contribution in [0.4, 0.5) is 0 Å². The smallest absolute Gasteiger partial charge is 0.313 e. The zero-order chi connectivity index (χ0) is 55.1. The minimum absolute atomic E-state index is 0.116. The van der Waals surface area contributed by atoms with Crippen LogP contribution < -0.4 is 16.8 Å². The van der Waals surface area contributed by atoms with Crippen LogP contribution in [0.3, 0.4) is 0 Å². The summed E-state index contributed by atoms with van der Waals surface area (Å²) in [5, 5.41) is 113. The fourth-order valence-electron chi connectivity index (χ4n) is 8.97. The van der Waals surface area contributed by atoms with Crippen molar-refractivity contribution in [1.29, 1.82) is 0 Å². The molecule has 420 valence electrons. The van der Waals surface area contributed by atoms with Gasteiger partial charge < -0.3 is 91.5 Å². The lowest BCUT2D eigenvalue weighted by molar-refractivity contribution is -0.309. The van der Waals surface area contributed by atoms with Gasteiger partial charge in [0.2, 0.25) is 5.91 Å². The van der Waals surface area contributed by atoms with Crippen molar-refractivity contribution in [2.45, 2.75) is 195 Å². The third-order valence-electron chi connectivity index (χ3n) is 13.5. The van der Waals surface area contributed by atoms with Gasteiger partial charge in [0.15, 0.2) is 12.1 Å². The molecular weight excluding hydrogens is 967 g/mol. The molecule has 74 heavy (non-hydrogen) atoms. The average Bonchev–Trinajstić information content (AvgIpc) is 3.33. The van der Waals surface area contributed by atoms with Gasteiger partial charge >= 0.3 is 11.9 Å². The van der Waals surface area contributed by atoms with Crippen molar-refractivity contribution in [3.05, 3.63) is 85.1 Å². The monoisotopic (exact) mass is 1050 g/mol. The number of hydrogen-bond acceptors (Lipinski definition) is 20. The number of nitrogens with two attached hydrogens (primary N) is 2. The molecule has 3 aliphatic rings. The molecule has 21 heteroatoms. The zero-order valence-corrected chi connectivity index (χ0v) is 43.2. The summed E-state index contributed by atoms with van der Waals surface area (Å²) in [7, 11) is 1.10. The minimum Gasteiger partial charge on any atom is -0.469 e. The first-order chi connectivity index (χ1) is 35.0. The maximum absolute atomic E-state index is 13.2. The quantitative estimate of drug-likeness (QED) is 0.143. The molecule has 15 N–H and O–H groups in total. The Labute approximate surface area is 434 Å². The summed E-state index contributed by atoms with van der Waals surface area (Å²) >= 11 is 0. The second-order valence-electron chi connectivity index (χ2n) is 19.7. The number of esters is 2. The molecule has 2 fully saturated rings. The molecule has 20 unspecified atom stereocenters. The summed E-state index contributed by atoms with van der Waals surface area (Å²) in [6, 6.07) is -2.30. The highest BCUT2D eigenvalue weighted by Crippen LogP contribution is 2.38. The van der Waals surface area contributed by atoms with Crippen molar-refractivity contribution >= 4 is 17.8 Å². The Morgan fingerprint density at radius 3 is 1.92 bits per heavy atom. The van der Waals surface area contributed by atoms with E-state index in [1.807, 2.05) is 13.0 Å². The molecule has 20 atom stereocenters. The number of nitrogens with one attached hydrogen (secondary N) is 1. The fraction of sp³-hybridized carbons (Fsp3) is 0.679. The SMILES string of the molecule is COC(=O)C1C(O)CC2(O)CC(O)CC(O)C(O)CCC(O)CC(O)CC(=O)OC(C)C(C)C(O)C(C)\C=C/C=C/C=C/C=C/C=C/C=C/C=C/C(OC3OC(C)C(O)C(NC(=O)C(N)CCCN)C3O)CC1O2. The molecular formula is C53H85N3O18. The third-order valence-corrected chi connectivity index (χ3v) is 13.5. The summed E-state index contributed by atoms with van der Waals surface area (Å²) in [4.78, 5) is 38.9. The number of ether oxygens (including phenoxy) is 5. The van der Waals surface area contributed by atoms with Crippen molar-refractivity contribution in [2.75, 3.05) is 13.7 Å². The molecule has 2 bridgehead atoms. The molecule has 0 aromatic heterocycles. The van der Waals surface area contributed by atoms with Crippen LogP contribution in [-0.4, -0.2) is 186 Å². The lowest BCUT2D eigenvalue weighted by Gasteiger charge is -2.46. The van der Waals surface area contributed by atoms with E-state index < -0.39 is 159 Å². The first kappa shape index (κ1) is 64.3. The first-order valence-corrected chi connectivity index (χ1v) is 25.6. The van der Waals surface area contributed by atoms with Crippen LogP contribution in [0.1, 0.15) is 91.9 Å². The lowest BCUT2D eigenvalue weighted by atomic mass is 9.82. The molecule has 21 nitrogen and oxygen atoms in total. The lowest BCUT2D eigenvalue weighted by Crippen LogP contribution is -2.65. The Hall–Kier alpha value is -4.01. The molecule has 0 aromatic carbocycles. The highest BCUT2D eigenvalue weighted by molar-refractivity contribution is 5.81. The van der Waals surface area contributed by atoms with Gasteiger partial charge in [0, 0.05) is 37.5 Å². The second kappa shape index (κ2) is 32.5. The topological polar surface area (TPSA) is 364 Å². The summed E-state index contributed by atoms with van der Waals surface area (Å²) in [5.41, 5.74) is 11.6. The first-order valence-electron chi connectivity index (χ1n) is 25.6. The van der Waals surface area contributed by atoms with E-state index in [1.54, 1.807) is 86.8 Å². The van der Waals surface area contributed by atoms with Crippen molar-refractivity contribution in [3.8, 4) is 0 Å². The van der Waals surface area contributed by atoms with E-state index in [4.69, 9.17) is 35.2 Å². The normalized spacial score (nSPS) is 41.7. The minimum atomic E-state index is -2.33. The Morgan fingerprint density at radius 1 is 0.730 bits per heavy atom. The highest BCUT2D eigenvalue weighted by Gasteiger charge is 2.51. The molecule has 0 saturated carbocycles. The van der Waals surface area contributed by atoms with Crippen LogP contribution in [0.2, 0.25) is 0 Å². The van der Waals surface area contributed by atoms with Gasteiger partial charge in [-0.05, 0) is 52.5 Å². The number of rotatable bonds is 8. The number of cyclic esters (lactones) is 1. The van der Waals surface area contributed by atoms with Crippen LogP contribution in [0.5, 0.6) is 0 Å². The maximum atomic E-state index is 13.2. The van der Waals surface area contributed by atoms with Gasteiger partial charge in [-0.2, -0.15) is 0 Å². The van der Waals surface area contributed by atoms with Crippen molar-refractivity contribution in [2.24, 2.45) is 29.2 Å². The van der Waals surface area contributed by atoms with E-state index >= 15 is 0 Å². The number of allylic oxidation sites excluding steroid dienone is 12. The average molecular weight is 1050 g/mol. The number of methoxy groups -OCH3 is 1. The predicted molar refractivity (Wildman–Crippen MR) is 272 cm³/mol. The molecule has 3 aliphatic heterocycles. The number of hydrogen-bond donors (Lipinski definition) is 13. The third kappa shape index (κ3) is 21.5. The summed E-state index contributed by atoms with van der Waals surface area (Å²) in [6.07, 6.45) is 3.53. The molecule has 3 rings (SSSR count). The van der Waals surface area contributed by atoms with Gasteiger partial charge in [0.25, 0.3) is 0 Å². The van der Waals surface area contributed by atoms with E-state index in [0.29, 0.717) is 13.0 Å². The van der Waals surface area contributed by atoms with E-state index in [0.717, 1.165) is 7.11 Å². The summed E-state index contributed by atoms with van der Waals surface area (Å²) < 4.78 is 28.8. The number of aliphatic hydroxyl groups excluding tert-OH is 9. The molecule has 1 amide bonds. The molecule has 0 aliphatic carbocycles. The zero-order valence-electron chi connectivity index (χ0n) is 43.2. The van der Waals surface area contributed by atoms with Crippen LogP contribution in [0.15, 0.2) is 85.1 Å². The predicted octanol–water partition coefficient (Wildman–Crippen LogP) is 0.0238. The van der Waals surface area contributed by atoms with Gasteiger partial charge in [-0.25, -0.2) is 0 Å². The molecule has 0 radical (unpaired) electrons. The molecule has 0 spiro atoms. The van der Waals surface area contributed by atoms with Crippen LogP contribution in [0, 0.1) is 17.8 Å². The molecule has 2 saturated heterocycles. The Morgan fingerprint density at radius 2 is 1.32 bits per heavy atom. The van der Waals surface area contributed by atoms with Crippen molar-refractivity contribution in [1.82, 2.24) is 5.32 Å². The standard InChI is InChI=1S/C53H85N3O18/c1-31-19-16-14-12-10-8-6-7-9-11-13-15-17-20-38(73-52-49(66)46(48(65)34(4)72-52)56-50(67)39(55)21-18-24-54)28-43-45(51(68)70-5)42(62)30-53(69,74-43)29-37(59)26-41(61)40(60)23-22-35(57)25-36(58)27-44(63)71-33(3)32(2)47(31)64/h6-17,19-20,31-43,45-49,52,57-62,64-66,69H,18,21-30,54-55H2,1-5H3,(H,56,67)/b7-6+,10-8+,11-9+,14-12+,15-13+,19-16-,20-17+. The number of fused-ring (bicyclic) bond motifs is 2. The number of carbonyl (C=O) groups excluding carboxylic acids is 3. The van der Waals surface area contributed by atoms with E-state index in [2.05, 4.69) is 5.32 Å². The number of amides is 1. The van der Waals surface area contributed by atoms with Crippen LogP contribution in [0.25, 0.3) is 0 Å². The maximum Gasteiger partial charge on any atom is 0.313 e. The molecule has 3 heterocycles. The van der Waals surface area contributed by atoms with Gasteiger partial charge in [-0.15, -0.1) is 0 Å². The highest BCUT2D eigenvalue weighted by atomic mass is 16.7. The van der Waals surface area contributed by atoms with Crippen LogP contribution >= 0.6 is 0 Å². The van der Waals surface area contributed by atoms with E-state index in [1.165, 1.54) is 13.0 Å². The fourth-order valence-corrected chi connectivity index (χ4v) is 8.97. The van der Waals surface area contributed by atoms with Crippen molar-refractivity contribution in [3.63, 3.8) is 0 Å². The van der Waals surface area contributed by atoms with Crippen molar-refractivity contribution < 1.29 is 89.1 Å². The van der Waals surface area contributed by atoms with E-state index in [-0.39, 0.29) is 38.0 Å². The number of aliphatic hydroxyl groups is 10. The Bertz CT molecular complexity index is 1910. The largest absolute Gasteiger partial charge is 0.469 e. The van der Waals surface area contributed by atoms with E-state index in [9.17, 15) is 65.4 Å². The second-order valence-corrected chi connectivity index (χ2v) is 19.7. The van der Waals surface area contributed by atoms with Gasteiger partial charge in [0.05, 0.1) is 86.7 Å². The van der Waals surface area contributed by atoms with Gasteiger partial charge in [0.1, 0.15) is 24.2 Å². The molecule has 0 aromatic rings. The summed E-state index contributed by atoms with van der Waals surface area (Å²) in [5.74, 6) is -6.79. The Balaban J connectivity index is 1.94. The van der Waals surface area contributed by atoms with Gasteiger partial charge in [-0.3, -0.25) is 14.4 Å². The number of carbonyl (C=O) groups is 3. The summed E-state index contributed by atoms with van der Waals surface area (Å²) in [6.45, 7) is 7.01.